The number of hydrogen-bond donors (Lipinski definition) is 0. The Hall–Kier alpha value is -0.830. The van der Waals surface area contributed by atoms with E-state index >= 15 is 0 Å². The smallest absolute Gasteiger partial charge is 0.133 e. The van der Waals surface area contributed by atoms with E-state index in [0.717, 1.165) is 23.9 Å². The number of aromatic nitrogens is 1. The third-order valence-corrected chi connectivity index (χ3v) is 2.95. The lowest BCUT2D eigenvalue weighted by Crippen LogP contribution is -2.27. The van der Waals surface area contributed by atoms with Gasteiger partial charge in [0.15, 0.2) is 0 Å². The van der Waals surface area contributed by atoms with E-state index in [1.54, 1.807) is 0 Å². The molecule has 0 radical (unpaired) electrons. The Morgan fingerprint density at radius 1 is 1.60 bits per heavy atom. The number of rotatable bonds is 3. The monoisotopic (exact) mass is 208 g/mol. The highest BCUT2D eigenvalue weighted by Gasteiger charge is 2.28. The van der Waals surface area contributed by atoms with Crippen molar-refractivity contribution in [3.8, 4) is 0 Å². The van der Waals surface area contributed by atoms with Gasteiger partial charge in [-0.1, -0.05) is 19.0 Å². The molecule has 0 aliphatic carbocycles. The molecule has 1 saturated heterocycles. The average molecular weight is 208 g/mol. The Balaban J connectivity index is 2.07. The fourth-order valence-electron chi connectivity index (χ4n) is 2.39. The summed E-state index contributed by atoms with van der Waals surface area (Å²) < 4.78 is 5.15. The highest BCUT2D eigenvalue weighted by atomic mass is 16.5. The van der Waals surface area contributed by atoms with Crippen molar-refractivity contribution in [3.63, 3.8) is 0 Å². The van der Waals surface area contributed by atoms with Crippen molar-refractivity contribution in [2.24, 2.45) is 5.92 Å². The molecule has 1 aromatic heterocycles. The number of hydrogen-bond acceptors (Lipinski definition) is 3. The van der Waals surface area contributed by atoms with E-state index < -0.39 is 0 Å². The minimum absolute atomic E-state index is 0.491. The topological polar surface area (TPSA) is 29.3 Å². The highest BCUT2D eigenvalue weighted by molar-refractivity contribution is 5.10. The molecule has 1 fully saturated rings. The number of likely N-dealkylation sites (tertiary alicyclic amines) is 1. The lowest BCUT2D eigenvalue weighted by atomic mass is 10.1. The van der Waals surface area contributed by atoms with Gasteiger partial charge in [0.25, 0.3) is 0 Å². The van der Waals surface area contributed by atoms with Crippen molar-refractivity contribution in [1.29, 1.82) is 0 Å². The molecular weight excluding hydrogens is 188 g/mol. The summed E-state index contributed by atoms with van der Waals surface area (Å²) >= 11 is 0. The Labute approximate surface area is 91.4 Å². The van der Waals surface area contributed by atoms with Gasteiger partial charge in [-0.15, -0.1) is 0 Å². The Bertz CT molecular complexity index is 319. The summed E-state index contributed by atoms with van der Waals surface area (Å²) in [6, 6.07) is 2.56. The summed E-state index contributed by atoms with van der Waals surface area (Å²) in [5.41, 5.74) is 1.12. The van der Waals surface area contributed by atoms with Gasteiger partial charge in [-0.3, -0.25) is 4.90 Å². The fourth-order valence-corrected chi connectivity index (χ4v) is 2.39. The molecule has 84 valence electrons. The number of aryl methyl sites for hydroxylation is 1. The molecule has 0 aromatic carbocycles. The SMILES string of the molecule is Cc1cc([C@@H]2CCCN2CC(C)C)no1. The predicted octanol–water partition coefficient (Wildman–Crippen LogP) is 2.78. The van der Waals surface area contributed by atoms with Crippen LogP contribution in [0.25, 0.3) is 0 Å². The fraction of sp³-hybridized carbons (Fsp3) is 0.750. The second-order valence-corrected chi connectivity index (χ2v) is 4.91. The molecule has 1 aliphatic rings. The van der Waals surface area contributed by atoms with E-state index in [2.05, 4.69) is 30.0 Å². The van der Waals surface area contributed by atoms with E-state index in [-0.39, 0.29) is 0 Å². The van der Waals surface area contributed by atoms with Gasteiger partial charge < -0.3 is 4.52 Å². The van der Waals surface area contributed by atoms with E-state index in [1.165, 1.54) is 19.4 Å². The zero-order valence-electron chi connectivity index (χ0n) is 9.86. The molecule has 0 saturated carbocycles. The molecule has 1 atom stereocenters. The summed E-state index contributed by atoms with van der Waals surface area (Å²) in [5, 5.41) is 4.14. The van der Waals surface area contributed by atoms with Crippen molar-refractivity contribution in [1.82, 2.24) is 10.1 Å². The maximum Gasteiger partial charge on any atom is 0.133 e. The molecule has 2 rings (SSSR count). The van der Waals surface area contributed by atoms with Crippen LogP contribution in [0, 0.1) is 12.8 Å². The maximum absolute atomic E-state index is 5.15. The first kappa shape index (κ1) is 10.7. The molecule has 0 spiro atoms. The van der Waals surface area contributed by atoms with Crippen LogP contribution in [-0.4, -0.2) is 23.1 Å². The van der Waals surface area contributed by atoms with Crippen LogP contribution in [0.4, 0.5) is 0 Å². The first-order valence-electron chi connectivity index (χ1n) is 5.84. The van der Waals surface area contributed by atoms with Crippen molar-refractivity contribution in [3.05, 3.63) is 17.5 Å². The third kappa shape index (κ3) is 2.40. The third-order valence-electron chi connectivity index (χ3n) is 2.95. The van der Waals surface area contributed by atoms with Crippen LogP contribution in [0.3, 0.4) is 0 Å². The molecule has 15 heavy (non-hydrogen) atoms. The Morgan fingerprint density at radius 3 is 3.00 bits per heavy atom. The molecule has 0 bridgehead atoms. The largest absolute Gasteiger partial charge is 0.361 e. The van der Waals surface area contributed by atoms with Gasteiger partial charge in [-0.25, -0.2) is 0 Å². The van der Waals surface area contributed by atoms with Crippen LogP contribution in [0.2, 0.25) is 0 Å². The molecule has 0 unspecified atom stereocenters. The summed E-state index contributed by atoms with van der Waals surface area (Å²) in [7, 11) is 0. The summed E-state index contributed by atoms with van der Waals surface area (Å²) in [6.07, 6.45) is 2.50. The minimum atomic E-state index is 0.491. The summed E-state index contributed by atoms with van der Waals surface area (Å²) in [5.74, 6) is 1.64. The van der Waals surface area contributed by atoms with Crippen LogP contribution >= 0.6 is 0 Å². The lowest BCUT2D eigenvalue weighted by Gasteiger charge is -2.24. The lowest BCUT2D eigenvalue weighted by molar-refractivity contribution is 0.219. The van der Waals surface area contributed by atoms with Gasteiger partial charge in [0.2, 0.25) is 0 Å². The average Bonchev–Trinajstić information content (AvgIpc) is 2.72. The molecule has 1 aromatic rings. The van der Waals surface area contributed by atoms with Crippen molar-refractivity contribution >= 4 is 0 Å². The van der Waals surface area contributed by atoms with Gasteiger partial charge in [0.1, 0.15) is 11.5 Å². The Morgan fingerprint density at radius 2 is 2.40 bits per heavy atom. The highest BCUT2D eigenvalue weighted by Crippen LogP contribution is 2.31. The Kier molecular flexibility index (Phi) is 3.10. The first-order chi connectivity index (χ1) is 7.16. The summed E-state index contributed by atoms with van der Waals surface area (Å²) in [6.45, 7) is 8.86. The van der Waals surface area contributed by atoms with Crippen molar-refractivity contribution < 1.29 is 4.52 Å². The number of nitrogens with zero attached hydrogens (tertiary/aromatic N) is 2. The van der Waals surface area contributed by atoms with Crippen molar-refractivity contribution in [2.45, 2.75) is 39.7 Å². The van der Waals surface area contributed by atoms with Gasteiger partial charge >= 0.3 is 0 Å². The van der Waals surface area contributed by atoms with E-state index in [4.69, 9.17) is 4.52 Å². The van der Waals surface area contributed by atoms with E-state index in [0.29, 0.717) is 6.04 Å². The zero-order valence-corrected chi connectivity index (χ0v) is 9.86. The van der Waals surface area contributed by atoms with Crippen LogP contribution in [0.15, 0.2) is 10.6 Å². The molecular formula is C12H20N2O. The second-order valence-electron chi connectivity index (χ2n) is 4.91. The molecule has 3 nitrogen and oxygen atoms in total. The molecule has 2 heterocycles. The predicted molar refractivity (Wildman–Crippen MR) is 59.6 cm³/mol. The standard InChI is InChI=1S/C12H20N2O/c1-9(2)8-14-6-4-5-12(14)11-7-10(3)15-13-11/h7,9,12H,4-6,8H2,1-3H3/t12-/m0/s1. The zero-order chi connectivity index (χ0) is 10.8. The van der Waals surface area contributed by atoms with E-state index in [1.807, 2.05) is 6.92 Å². The van der Waals surface area contributed by atoms with Gasteiger partial charge in [-0.2, -0.15) is 0 Å². The van der Waals surface area contributed by atoms with Gasteiger partial charge in [-0.05, 0) is 32.2 Å². The second kappa shape index (κ2) is 4.35. The molecule has 0 amide bonds. The molecule has 0 N–H and O–H groups in total. The van der Waals surface area contributed by atoms with E-state index in [9.17, 15) is 0 Å². The van der Waals surface area contributed by atoms with Crippen molar-refractivity contribution in [2.75, 3.05) is 13.1 Å². The van der Waals surface area contributed by atoms with Gasteiger partial charge in [0, 0.05) is 12.6 Å². The minimum Gasteiger partial charge on any atom is -0.361 e. The first-order valence-corrected chi connectivity index (χ1v) is 5.84. The van der Waals surface area contributed by atoms with Crippen LogP contribution < -0.4 is 0 Å². The van der Waals surface area contributed by atoms with Gasteiger partial charge in [0.05, 0.1) is 6.04 Å². The quantitative estimate of drug-likeness (QED) is 0.765. The summed E-state index contributed by atoms with van der Waals surface area (Å²) in [4.78, 5) is 2.53. The molecule has 1 aliphatic heterocycles. The molecule has 3 heteroatoms. The van der Waals surface area contributed by atoms with Crippen LogP contribution in [0.1, 0.15) is 44.2 Å². The van der Waals surface area contributed by atoms with Crippen LogP contribution in [-0.2, 0) is 0 Å². The maximum atomic E-state index is 5.15. The van der Waals surface area contributed by atoms with Crippen LogP contribution in [0.5, 0.6) is 0 Å². The normalized spacial score (nSPS) is 22.8.